The van der Waals surface area contributed by atoms with Gasteiger partial charge in [-0.15, -0.1) is 0 Å². The molecule has 0 aliphatic heterocycles. The van der Waals surface area contributed by atoms with Crippen LogP contribution in [0.5, 0.6) is 0 Å². The molecule has 94 valence electrons. The monoisotopic (exact) mass is 319 g/mol. The third-order valence-corrected chi connectivity index (χ3v) is 2.88. The first-order chi connectivity index (χ1) is 8.22. The molecule has 0 saturated heterocycles. The summed E-state index contributed by atoms with van der Waals surface area (Å²) in [6.07, 6.45) is 2.59. The summed E-state index contributed by atoms with van der Waals surface area (Å²) in [7, 11) is 0. The Hall–Kier alpha value is -0.740. The molecular weight excluding hydrogens is 305 g/mol. The molecule has 5 heteroatoms. The minimum Gasteiger partial charge on any atom is -0.449 e. The fraction of sp³-hybridized carbons (Fsp3) is 0.417. The molecule has 17 heavy (non-hydrogen) atoms. The van der Waals surface area contributed by atoms with Crippen LogP contribution in [0.2, 0.25) is 5.02 Å². The second-order valence-electron chi connectivity index (χ2n) is 3.52. The van der Waals surface area contributed by atoms with Crippen molar-refractivity contribution >= 4 is 39.3 Å². The van der Waals surface area contributed by atoms with Crippen molar-refractivity contribution in [3.8, 4) is 0 Å². The van der Waals surface area contributed by atoms with Gasteiger partial charge in [-0.25, -0.2) is 4.79 Å². The molecule has 0 radical (unpaired) electrons. The molecule has 0 saturated carbocycles. The van der Waals surface area contributed by atoms with Crippen LogP contribution in [0.15, 0.2) is 24.3 Å². The molecule has 0 aromatic heterocycles. The summed E-state index contributed by atoms with van der Waals surface area (Å²) >= 11 is 9.14. The Kier molecular flexibility index (Phi) is 7.05. The first-order valence-corrected chi connectivity index (χ1v) is 6.97. The van der Waals surface area contributed by atoms with Gasteiger partial charge in [0, 0.05) is 16.0 Å². The lowest BCUT2D eigenvalue weighted by Crippen LogP contribution is -2.14. The van der Waals surface area contributed by atoms with Crippen LogP contribution in [-0.4, -0.2) is 18.0 Å². The molecule has 1 aromatic carbocycles. The van der Waals surface area contributed by atoms with Gasteiger partial charge in [-0.1, -0.05) is 33.6 Å². The van der Waals surface area contributed by atoms with Gasteiger partial charge in [-0.05, 0) is 37.5 Å². The van der Waals surface area contributed by atoms with Crippen LogP contribution in [0.3, 0.4) is 0 Å². The Morgan fingerprint density at radius 1 is 1.35 bits per heavy atom. The zero-order chi connectivity index (χ0) is 12.5. The minimum absolute atomic E-state index is 0.439. The van der Waals surface area contributed by atoms with E-state index in [-0.39, 0.29) is 0 Å². The second-order valence-corrected chi connectivity index (χ2v) is 4.75. The predicted octanol–water partition coefficient (Wildman–Crippen LogP) is 4.45. The molecule has 1 rings (SSSR count). The van der Waals surface area contributed by atoms with Gasteiger partial charge in [0.25, 0.3) is 0 Å². The zero-order valence-electron chi connectivity index (χ0n) is 9.42. The lowest BCUT2D eigenvalue weighted by Gasteiger charge is -2.06. The largest absolute Gasteiger partial charge is 0.449 e. The number of halogens is 2. The normalized spacial score (nSPS) is 10.0. The molecule has 0 atom stereocenters. The summed E-state index contributed by atoms with van der Waals surface area (Å²) in [6, 6.07) is 6.96. The quantitative estimate of drug-likeness (QED) is 0.621. The molecule has 0 aliphatic rings. The number of hydrogen-bond donors (Lipinski definition) is 1. The summed E-state index contributed by atoms with van der Waals surface area (Å²) in [4.78, 5) is 11.4. The average molecular weight is 321 g/mol. The second kappa shape index (κ2) is 8.37. The van der Waals surface area contributed by atoms with E-state index in [0.717, 1.165) is 24.6 Å². The van der Waals surface area contributed by atoms with E-state index in [2.05, 4.69) is 21.2 Å². The summed E-state index contributed by atoms with van der Waals surface area (Å²) in [6.45, 7) is 0.444. The van der Waals surface area contributed by atoms with E-state index >= 15 is 0 Å². The first kappa shape index (κ1) is 14.3. The van der Waals surface area contributed by atoms with E-state index in [9.17, 15) is 4.79 Å². The van der Waals surface area contributed by atoms with Crippen molar-refractivity contribution < 1.29 is 9.53 Å². The van der Waals surface area contributed by atoms with E-state index in [1.165, 1.54) is 0 Å². The lowest BCUT2D eigenvalue weighted by molar-refractivity contribution is 0.159. The number of carbonyl (C=O) groups is 1. The fourth-order valence-electron chi connectivity index (χ4n) is 1.26. The Bertz CT molecular complexity index is 360. The number of ether oxygens (including phenoxy) is 1. The minimum atomic E-state index is -0.439. The molecular formula is C12H15BrClNO2. The number of nitrogens with one attached hydrogen (secondary N) is 1. The van der Waals surface area contributed by atoms with Gasteiger partial charge in [-0.3, -0.25) is 5.32 Å². The van der Waals surface area contributed by atoms with Crippen LogP contribution >= 0.6 is 27.5 Å². The number of benzene rings is 1. The van der Waals surface area contributed by atoms with Crippen LogP contribution in [0.4, 0.5) is 10.5 Å². The smallest absolute Gasteiger partial charge is 0.411 e. The topological polar surface area (TPSA) is 38.3 Å². The van der Waals surface area contributed by atoms with E-state index in [1.54, 1.807) is 24.3 Å². The molecule has 0 heterocycles. The third-order valence-electron chi connectivity index (χ3n) is 2.08. The van der Waals surface area contributed by atoms with Crippen LogP contribution in [0.1, 0.15) is 19.3 Å². The van der Waals surface area contributed by atoms with Crippen molar-refractivity contribution in [3.05, 3.63) is 29.3 Å². The highest BCUT2D eigenvalue weighted by Gasteiger charge is 2.02. The summed E-state index contributed by atoms with van der Waals surface area (Å²) in [5.41, 5.74) is 0.642. The molecule has 1 aromatic rings. The molecule has 3 nitrogen and oxygen atoms in total. The SMILES string of the molecule is O=C(Nc1cccc(Cl)c1)OCCCCCBr. The number of hydrogen-bond acceptors (Lipinski definition) is 2. The van der Waals surface area contributed by atoms with Gasteiger partial charge in [-0.2, -0.15) is 0 Å². The summed E-state index contributed by atoms with van der Waals surface area (Å²) in [5, 5.41) is 4.19. The summed E-state index contributed by atoms with van der Waals surface area (Å²) in [5.74, 6) is 0. The highest BCUT2D eigenvalue weighted by atomic mass is 79.9. The van der Waals surface area contributed by atoms with Crippen LogP contribution in [0, 0.1) is 0 Å². The van der Waals surface area contributed by atoms with Crippen LogP contribution in [0.25, 0.3) is 0 Å². The fourth-order valence-corrected chi connectivity index (χ4v) is 1.85. The maximum absolute atomic E-state index is 11.4. The van der Waals surface area contributed by atoms with Crippen LogP contribution in [-0.2, 0) is 4.74 Å². The Labute approximate surface area is 115 Å². The van der Waals surface area contributed by atoms with Crippen molar-refractivity contribution in [1.82, 2.24) is 0 Å². The first-order valence-electron chi connectivity index (χ1n) is 5.47. The van der Waals surface area contributed by atoms with E-state index in [4.69, 9.17) is 16.3 Å². The highest BCUT2D eigenvalue weighted by molar-refractivity contribution is 9.09. The molecule has 0 bridgehead atoms. The average Bonchev–Trinajstić information content (AvgIpc) is 2.29. The van der Waals surface area contributed by atoms with E-state index in [0.29, 0.717) is 17.3 Å². The molecule has 0 aliphatic carbocycles. The number of rotatable bonds is 6. The molecule has 1 N–H and O–H groups in total. The van der Waals surface area contributed by atoms with Crippen molar-refractivity contribution in [2.45, 2.75) is 19.3 Å². The van der Waals surface area contributed by atoms with Gasteiger partial charge in [0.05, 0.1) is 6.61 Å². The third kappa shape index (κ3) is 6.54. The van der Waals surface area contributed by atoms with E-state index < -0.39 is 6.09 Å². The zero-order valence-corrected chi connectivity index (χ0v) is 11.8. The summed E-state index contributed by atoms with van der Waals surface area (Å²) < 4.78 is 5.02. The van der Waals surface area contributed by atoms with E-state index in [1.807, 2.05) is 0 Å². The van der Waals surface area contributed by atoms with Gasteiger partial charge in [0.15, 0.2) is 0 Å². The Morgan fingerprint density at radius 2 is 2.18 bits per heavy atom. The number of unbranched alkanes of at least 4 members (excludes halogenated alkanes) is 2. The van der Waals surface area contributed by atoms with Crippen molar-refractivity contribution in [3.63, 3.8) is 0 Å². The van der Waals surface area contributed by atoms with Gasteiger partial charge < -0.3 is 4.74 Å². The molecule has 1 amide bonds. The maximum atomic E-state index is 11.4. The molecule has 0 unspecified atom stereocenters. The van der Waals surface area contributed by atoms with Gasteiger partial charge in [0.1, 0.15) is 0 Å². The molecule has 0 fully saturated rings. The van der Waals surface area contributed by atoms with Gasteiger partial charge >= 0.3 is 6.09 Å². The standard InChI is InChI=1S/C12H15BrClNO2/c13-7-2-1-3-8-17-12(16)15-11-6-4-5-10(14)9-11/h4-6,9H,1-3,7-8H2,(H,15,16). The Balaban J connectivity index is 2.21. The Morgan fingerprint density at radius 3 is 2.88 bits per heavy atom. The number of carbonyl (C=O) groups excluding carboxylic acids is 1. The van der Waals surface area contributed by atoms with Crippen molar-refractivity contribution in [2.75, 3.05) is 17.3 Å². The molecule has 0 spiro atoms. The predicted molar refractivity (Wildman–Crippen MR) is 74.1 cm³/mol. The van der Waals surface area contributed by atoms with Crippen LogP contribution < -0.4 is 5.32 Å². The maximum Gasteiger partial charge on any atom is 0.411 e. The lowest BCUT2D eigenvalue weighted by atomic mass is 10.3. The highest BCUT2D eigenvalue weighted by Crippen LogP contribution is 2.14. The number of anilines is 1. The van der Waals surface area contributed by atoms with Crippen molar-refractivity contribution in [1.29, 1.82) is 0 Å². The van der Waals surface area contributed by atoms with Gasteiger partial charge in [0.2, 0.25) is 0 Å². The van der Waals surface area contributed by atoms with Crippen molar-refractivity contribution in [2.24, 2.45) is 0 Å². The number of alkyl halides is 1. The number of amides is 1.